The fourth-order valence-electron chi connectivity index (χ4n) is 2.60. The van der Waals surface area contributed by atoms with Gasteiger partial charge in [0.2, 0.25) is 5.91 Å². The van der Waals surface area contributed by atoms with Crippen LogP contribution in [0.15, 0.2) is 59.6 Å². The number of pyridine rings is 2. The minimum Gasteiger partial charge on any atom is -0.497 e. The fraction of sp³-hybridized carbons (Fsp3) is 0.182. The lowest BCUT2D eigenvalue weighted by atomic mass is 10.1. The first-order chi connectivity index (χ1) is 14.0. The molecule has 0 fully saturated rings. The second-order valence-corrected chi connectivity index (χ2v) is 7.63. The van der Waals surface area contributed by atoms with Crippen molar-refractivity contribution in [3.8, 4) is 23.1 Å². The van der Waals surface area contributed by atoms with Crippen LogP contribution in [0.5, 0.6) is 5.75 Å². The summed E-state index contributed by atoms with van der Waals surface area (Å²) in [6.45, 7) is 3.64. The number of ether oxygens (including phenoxy) is 1. The van der Waals surface area contributed by atoms with Crippen molar-refractivity contribution in [1.29, 1.82) is 5.26 Å². The molecule has 7 heteroatoms. The van der Waals surface area contributed by atoms with Gasteiger partial charge in [0.25, 0.3) is 0 Å². The van der Waals surface area contributed by atoms with Gasteiger partial charge in [0, 0.05) is 11.3 Å². The van der Waals surface area contributed by atoms with Crippen LogP contribution in [0.4, 0.5) is 5.82 Å². The predicted octanol–water partition coefficient (Wildman–Crippen LogP) is 4.45. The van der Waals surface area contributed by atoms with Crippen LogP contribution in [0.25, 0.3) is 11.3 Å². The van der Waals surface area contributed by atoms with E-state index in [0.29, 0.717) is 16.4 Å². The van der Waals surface area contributed by atoms with Gasteiger partial charge in [-0.2, -0.15) is 5.26 Å². The molecule has 3 aromatic rings. The lowest BCUT2D eigenvalue weighted by Gasteiger charge is -2.13. The average Bonchev–Trinajstić information content (AvgIpc) is 2.73. The van der Waals surface area contributed by atoms with Gasteiger partial charge < -0.3 is 10.1 Å². The Balaban J connectivity index is 1.79. The molecule has 0 spiro atoms. The zero-order chi connectivity index (χ0) is 20.8. The van der Waals surface area contributed by atoms with Crippen molar-refractivity contribution in [1.82, 2.24) is 9.97 Å². The number of benzene rings is 1. The molecule has 0 aliphatic rings. The second-order valence-electron chi connectivity index (χ2n) is 6.30. The molecule has 2 aromatic heterocycles. The molecule has 6 nitrogen and oxygen atoms in total. The summed E-state index contributed by atoms with van der Waals surface area (Å²) in [5, 5.41) is 12.3. The number of methoxy groups -OCH3 is 1. The van der Waals surface area contributed by atoms with Crippen LogP contribution in [0.3, 0.4) is 0 Å². The predicted molar refractivity (Wildman–Crippen MR) is 114 cm³/mol. The number of carbonyl (C=O) groups excluding carboxylic acids is 1. The van der Waals surface area contributed by atoms with E-state index in [-0.39, 0.29) is 5.91 Å². The summed E-state index contributed by atoms with van der Waals surface area (Å²) >= 11 is 1.24. The van der Waals surface area contributed by atoms with E-state index in [2.05, 4.69) is 21.4 Å². The Bertz CT molecular complexity index is 1060. The van der Waals surface area contributed by atoms with Crippen molar-refractivity contribution in [3.63, 3.8) is 0 Å². The Morgan fingerprint density at radius 3 is 2.55 bits per heavy atom. The van der Waals surface area contributed by atoms with Gasteiger partial charge in [0.1, 0.15) is 22.7 Å². The SMILES string of the molecule is COc1ccc(-c2ccc(C#N)c(SC(C)C(=O)Nc3cccc(C)n3)n2)cc1. The van der Waals surface area contributed by atoms with Crippen LogP contribution >= 0.6 is 11.8 Å². The van der Waals surface area contributed by atoms with E-state index < -0.39 is 5.25 Å². The van der Waals surface area contributed by atoms with E-state index in [0.717, 1.165) is 22.7 Å². The number of aromatic nitrogens is 2. The Morgan fingerprint density at radius 2 is 1.90 bits per heavy atom. The third-order valence-corrected chi connectivity index (χ3v) is 5.27. The summed E-state index contributed by atoms with van der Waals surface area (Å²) in [7, 11) is 1.61. The van der Waals surface area contributed by atoms with E-state index in [9.17, 15) is 10.1 Å². The number of nitrogens with one attached hydrogen (secondary N) is 1. The van der Waals surface area contributed by atoms with Gasteiger partial charge in [-0.25, -0.2) is 9.97 Å². The smallest absolute Gasteiger partial charge is 0.238 e. The van der Waals surface area contributed by atoms with Gasteiger partial charge >= 0.3 is 0 Å². The minimum absolute atomic E-state index is 0.200. The van der Waals surface area contributed by atoms with E-state index in [4.69, 9.17) is 4.74 Å². The monoisotopic (exact) mass is 404 g/mol. The molecular formula is C22H20N4O2S. The molecule has 0 bridgehead atoms. The molecule has 1 atom stereocenters. The zero-order valence-electron chi connectivity index (χ0n) is 16.3. The number of rotatable bonds is 6. The third-order valence-electron chi connectivity index (χ3n) is 4.16. The van der Waals surface area contributed by atoms with E-state index >= 15 is 0 Å². The highest BCUT2D eigenvalue weighted by atomic mass is 32.2. The summed E-state index contributed by atoms with van der Waals surface area (Å²) in [6, 6.07) is 18.6. The molecule has 2 heterocycles. The second kappa shape index (κ2) is 9.22. The molecule has 0 radical (unpaired) electrons. The normalized spacial score (nSPS) is 11.4. The van der Waals surface area contributed by atoms with E-state index in [1.165, 1.54) is 11.8 Å². The molecule has 146 valence electrons. The topological polar surface area (TPSA) is 87.9 Å². The lowest BCUT2D eigenvalue weighted by molar-refractivity contribution is -0.115. The van der Waals surface area contributed by atoms with Gasteiger partial charge in [0.05, 0.1) is 23.6 Å². The van der Waals surface area contributed by atoms with Crippen molar-refractivity contribution in [3.05, 3.63) is 65.9 Å². The fourth-order valence-corrected chi connectivity index (χ4v) is 3.49. The van der Waals surface area contributed by atoms with Crippen LogP contribution in [0, 0.1) is 18.3 Å². The number of anilines is 1. The average molecular weight is 404 g/mol. The first kappa shape index (κ1) is 20.4. The van der Waals surface area contributed by atoms with E-state index in [1.807, 2.05) is 43.3 Å². The molecule has 0 aliphatic carbocycles. The number of nitriles is 1. The van der Waals surface area contributed by atoms with Crippen LogP contribution in [0.1, 0.15) is 18.2 Å². The molecule has 0 saturated carbocycles. The molecule has 3 rings (SSSR count). The van der Waals surface area contributed by atoms with Gasteiger partial charge in [-0.15, -0.1) is 0 Å². The summed E-state index contributed by atoms with van der Waals surface area (Å²) in [5.41, 5.74) is 2.88. The number of aryl methyl sites for hydroxylation is 1. The molecule has 1 amide bonds. The first-order valence-corrected chi connectivity index (χ1v) is 9.85. The number of thioether (sulfide) groups is 1. The number of nitrogens with zero attached hydrogens (tertiary/aromatic N) is 3. The largest absolute Gasteiger partial charge is 0.497 e. The van der Waals surface area contributed by atoms with Crippen molar-refractivity contribution < 1.29 is 9.53 Å². The number of carbonyl (C=O) groups is 1. The molecule has 0 aliphatic heterocycles. The lowest BCUT2D eigenvalue weighted by Crippen LogP contribution is -2.23. The Morgan fingerprint density at radius 1 is 1.14 bits per heavy atom. The van der Waals surface area contributed by atoms with E-state index in [1.54, 1.807) is 32.2 Å². The maximum absolute atomic E-state index is 12.6. The first-order valence-electron chi connectivity index (χ1n) is 8.97. The molecule has 1 N–H and O–H groups in total. The maximum atomic E-state index is 12.6. The summed E-state index contributed by atoms with van der Waals surface area (Å²) in [5.74, 6) is 1.06. The maximum Gasteiger partial charge on any atom is 0.238 e. The Hall–Kier alpha value is -3.37. The Labute approximate surface area is 174 Å². The highest BCUT2D eigenvalue weighted by molar-refractivity contribution is 8.00. The number of amides is 1. The van der Waals surface area contributed by atoms with Crippen LogP contribution in [0.2, 0.25) is 0 Å². The van der Waals surface area contributed by atoms with Gasteiger partial charge in [-0.3, -0.25) is 4.79 Å². The number of hydrogen-bond acceptors (Lipinski definition) is 6. The highest BCUT2D eigenvalue weighted by Gasteiger charge is 2.19. The van der Waals surface area contributed by atoms with Crippen molar-refractivity contribution >= 4 is 23.5 Å². The number of hydrogen-bond donors (Lipinski definition) is 1. The summed E-state index contributed by atoms with van der Waals surface area (Å²) in [6.07, 6.45) is 0. The molecule has 1 aromatic carbocycles. The quantitative estimate of drug-likeness (QED) is 0.611. The third kappa shape index (κ3) is 5.12. The molecule has 0 saturated heterocycles. The van der Waals surface area contributed by atoms with Crippen LogP contribution < -0.4 is 10.1 Å². The molecular weight excluding hydrogens is 384 g/mol. The van der Waals surface area contributed by atoms with Crippen LogP contribution in [-0.2, 0) is 4.79 Å². The van der Waals surface area contributed by atoms with Crippen molar-refractivity contribution in [2.45, 2.75) is 24.1 Å². The van der Waals surface area contributed by atoms with Crippen molar-refractivity contribution in [2.24, 2.45) is 0 Å². The Kier molecular flexibility index (Phi) is 6.47. The van der Waals surface area contributed by atoms with Gasteiger partial charge in [0.15, 0.2) is 0 Å². The summed E-state index contributed by atoms with van der Waals surface area (Å²) in [4.78, 5) is 21.5. The highest BCUT2D eigenvalue weighted by Crippen LogP contribution is 2.29. The molecule has 29 heavy (non-hydrogen) atoms. The van der Waals surface area contributed by atoms with Crippen LogP contribution in [-0.4, -0.2) is 28.2 Å². The minimum atomic E-state index is -0.456. The zero-order valence-corrected chi connectivity index (χ0v) is 17.2. The van der Waals surface area contributed by atoms with Gasteiger partial charge in [-0.05, 0) is 62.4 Å². The molecule has 1 unspecified atom stereocenters. The summed E-state index contributed by atoms with van der Waals surface area (Å²) < 4.78 is 5.18. The standard InChI is InChI=1S/C22H20N4O2S/c1-14-5-4-6-20(24-14)26-21(27)15(2)29-22-17(13-23)9-12-19(25-22)16-7-10-18(28-3)11-8-16/h4-12,15H,1-3H3,(H,24,26,27). The van der Waals surface area contributed by atoms with Gasteiger partial charge in [-0.1, -0.05) is 17.8 Å². The van der Waals surface area contributed by atoms with Crippen molar-refractivity contribution in [2.75, 3.05) is 12.4 Å².